The molecule has 3 N–H and O–H groups in total. The van der Waals surface area contributed by atoms with Gasteiger partial charge in [0.15, 0.2) is 0 Å². The quantitative estimate of drug-likeness (QED) is 0.137. The average Bonchev–Trinajstić information content (AvgIpc) is 3.48. The topological polar surface area (TPSA) is 123 Å². The van der Waals surface area contributed by atoms with Crippen LogP contribution < -0.4 is 20.9 Å². The van der Waals surface area contributed by atoms with E-state index in [4.69, 9.17) is 14.6 Å². The van der Waals surface area contributed by atoms with Gasteiger partial charge >= 0.3 is 0 Å². The van der Waals surface area contributed by atoms with Crippen molar-refractivity contribution < 1.29 is 19.1 Å². The predicted molar refractivity (Wildman–Crippen MR) is 205 cm³/mol. The van der Waals surface area contributed by atoms with E-state index in [0.717, 1.165) is 59.7 Å². The summed E-state index contributed by atoms with van der Waals surface area (Å²) in [6.07, 6.45) is 2.82. The Morgan fingerprint density at radius 1 is 0.863 bits per heavy atom. The third-order valence-corrected chi connectivity index (χ3v) is 9.68. The molecule has 0 fully saturated rings. The molecule has 0 unspecified atom stereocenters. The van der Waals surface area contributed by atoms with Gasteiger partial charge in [-0.1, -0.05) is 61.5 Å². The first-order chi connectivity index (χ1) is 24.1. The number of para-hydroxylation sites is 1. The van der Waals surface area contributed by atoms with Crippen molar-refractivity contribution in [3.05, 3.63) is 54.1 Å². The number of carbonyl (C=O) groups is 2. The smallest absolute Gasteiger partial charge is 0.229 e. The fourth-order valence-electron chi connectivity index (χ4n) is 6.15. The molecule has 11 nitrogen and oxygen atoms in total. The van der Waals surface area contributed by atoms with E-state index in [0.29, 0.717) is 38.6 Å². The fraction of sp³-hybridized carbons (Fsp3) is 0.600. The maximum atomic E-state index is 13.9. The Hall–Kier alpha value is -3.64. The van der Waals surface area contributed by atoms with Crippen molar-refractivity contribution in [2.24, 2.45) is 0 Å². The molecule has 280 valence electrons. The summed E-state index contributed by atoms with van der Waals surface area (Å²) in [5.41, 5.74) is 4.63. The Kier molecular flexibility index (Phi) is 13.9. The molecule has 11 heteroatoms. The van der Waals surface area contributed by atoms with E-state index in [1.165, 1.54) is 0 Å². The number of fused-ring (bicyclic) bond motifs is 5. The lowest BCUT2D eigenvalue weighted by Crippen LogP contribution is -2.43. The highest BCUT2D eigenvalue weighted by Gasteiger charge is 2.29. The van der Waals surface area contributed by atoms with E-state index in [1.807, 2.05) is 73.7 Å². The lowest BCUT2D eigenvalue weighted by molar-refractivity contribution is -0.123. The molecule has 1 aliphatic rings. The number of hydrogen-bond donors (Lipinski definition) is 3. The second-order valence-corrected chi connectivity index (χ2v) is 15.8. The van der Waals surface area contributed by atoms with Gasteiger partial charge in [-0.3, -0.25) is 9.59 Å². The third kappa shape index (κ3) is 11.7. The molecule has 2 aromatic carbocycles. The number of anilines is 1. The van der Waals surface area contributed by atoms with Crippen LogP contribution in [0.4, 0.5) is 5.69 Å². The van der Waals surface area contributed by atoms with Crippen LogP contribution in [0.25, 0.3) is 22.5 Å². The number of nitrogens with one attached hydrogen (secondary N) is 3. The van der Waals surface area contributed by atoms with E-state index >= 15 is 0 Å². The molecule has 1 aromatic heterocycles. The van der Waals surface area contributed by atoms with Crippen LogP contribution in [-0.2, 0) is 32.2 Å². The normalized spacial score (nSPS) is 13.3. The van der Waals surface area contributed by atoms with Crippen LogP contribution in [0, 0.1) is 0 Å². The summed E-state index contributed by atoms with van der Waals surface area (Å²) < 4.78 is 13.5. The zero-order valence-electron chi connectivity index (χ0n) is 32.4. The van der Waals surface area contributed by atoms with Gasteiger partial charge in [0.05, 0.1) is 42.3 Å². The van der Waals surface area contributed by atoms with E-state index in [1.54, 1.807) is 7.11 Å². The number of hydrogen-bond acceptors (Lipinski definition) is 8. The number of nitrogens with zero attached hydrogens (tertiary/aromatic N) is 4. The van der Waals surface area contributed by atoms with Crippen LogP contribution >= 0.6 is 0 Å². The standard InChI is InChI=1S/C40H61N7O4/c1-29(2)41-24-21-38(3,4)43-25-26-47-37-31-15-11-10-14-30(31)28-46(33-17-13-12-16-32(33)36(37)44-45-47)35(49)19-23-42-34(48)18-20-40(7,8)51-27-22-39(5,6)50-9/h10-17,29,41,43H,18-28H2,1-9H3,(H,42,48). The molecule has 0 atom stereocenters. The minimum Gasteiger partial charge on any atom is -0.379 e. The summed E-state index contributed by atoms with van der Waals surface area (Å²) in [6.45, 7) is 20.4. The van der Waals surface area contributed by atoms with E-state index in [2.05, 4.69) is 61.0 Å². The van der Waals surface area contributed by atoms with Crippen molar-refractivity contribution in [2.75, 3.05) is 38.3 Å². The van der Waals surface area contributed by atoms with Gasteiger partial charge in [-0.05, 0) is 79.0 Å². The molecule has 0 saturated heterocycles. The Bertz CT molecular complexity index is 1600. The molecule has 0 aliphatic carbocycles. The van der Waals surface area contributed by atoms with Crippen molar-refractivity contribution in [3.63, 3.8) is 0 Å². The van der Waals surface area contributed by atoms with Crippen molar-refractivity contribution in [2.45, 2.75) is 123 Å². The van der Waals surface area contributed by atoms with Gasteiger partial charge in [-0.15, -0.1) is 5.10 Å². The van der Waals surface area contributed by atoms with Gasteiger partial charge in [-0.25, -0.2) is 4.68 Å². The Morgan fingerprint density at radius 2 is 1.57 bits per heavy atom. The summed E-state index contributed by atoms with van der Waals surface area (Å²) >= 11 is 0. The number of aromatic nitrogens is 3. The average molecular weight is 704 g/mol. The lowest BCUT2D eigenvalue weighted by atomic mass is 9.95. The summed E-state index contributed by atoms with van der Waals surface area (Å²) in [7, 11) is 1.70. The maximum Gasteiger partial charge on any atom is 0.229 e. The number of rotatable bonds is 19. The zero-order valence-corrected chi connectivity index (χ0v) is 32.4. The van der Waals surface area contributed by atoms with Crippen LogP contribution in [0.3, 0.4) is 0 Å². The van der Waals surface area contributed by atoms with Crippen LogP contribution in [0.5, 0.6) is 0 Å². The minimum absolute atomic E-state index is 0.0333. The molecular formula is C40H61N7O4. The number of benzene rings is 2. The van der Waals surface area contributed by atoms with Gasteiger partial charge < -0.3 is 30.3 Å². The summed E-state index contributed by atoms with van der Waals surface area (Å²) in [4.78, 5) is 28.5. The molecule has 0 spiro atoms. The van der Waals surface area contributed by atoms with Crippen molar-refractivity contribution in [1.29, 1.82) is 0 Å². The second-order valence-electron chi connectivity index (χ2n) is 15.8. The molecule has 2 heterocycles. The Morgan fingerprint density at radius 3 is 2.29 bits per heavy atom. The fourth-order valence-corrected chi connectivity index (χ4v) is 6.15. The van der Waals surface area contributed by atoms with Crippen LogP contribution in [0.2, 0.25) is 0 Å². The van der Waals surface area contributed by atoms with Crippen LogP contribution in [-0.4, -0.2) is 82.9 Å². The maximum absolute atomic E-state index is 13.9. The highest BCUT2D eigenvalue weighted by atomic mass is 16.5. The molecular weight excluding hydrogens is 642 g/mol. The summed E-state index contributed by atoms with van der Waals surface area (Å²) in [5, 5.41) is 19.5. The predicted octanol–water partition coefficient (Wildman–Crippen LogP) is 6.11. The molecule has 0 radical (unpaired) electrons. The van der Waals surface area contributed by atoms with Gasteiger partial charge in [0.2, 0.25) is 11.8 Å². The zero-order chi connectivity index (χ0) is 37.2. The number of amides is 2. The van der Waals surface area contributed by atoms with Gasteiger partial charge in [0, 0.05) is 55.7 Å². The van der Waals surface area contributed by atoms with Gasteiger partial charge in [0.25, 0.3) is 0 Å². The van der Waals surface area contributed by atoms with Gasteiger partial charge in [0.1, 0.15) is 5.69 Å². The number of ether oxygens (including phenoxy) is 2. The van der Waals surface area contributed by atoms with E-state index in [-0.39, 0.29) is 35.9 Å². The monoisotopic (exact) mass is 703 g/mol. The van der Waals surface area contributed by atoms with Gasteiger partial charge in [-0.2, -0.15) is 0 Å². The van der Waals surface area contributed by atoms with Crippen molar-refractivity contribution >= 4 is 17.5 Å². The molecule has 2 amide bonds. The molecule has 51 heavy (non-hydrogen) atoms. The SMILES string of the molecule is COC(C)(C)CCOC(C)(C)CCC(=O)NCCC(=O)N1Cc2ccccc2-c2c(nnn2CCNC(C)(C)CCNC(C)C)-c2ccccc21. The van der Waals surface area contributed by atoms with E-state index < -0.39 is 5.60 Å². The Labute approximate surface area is 305 Å². The molecule has 0 saturated carbocycles. The minimum atomic E-state index is -0.447. The molecule has 0 bridgehead atoms. The van der Waals surface area contributed by atoms with Crippen LogP contribution in [0.1, 0.15) is 93.1 Å². The summed E-state index contributed by atoms with van der Waals surface area (Å²) in [6, 6.07) is 16.5. The molecule has 3 aromatic rings. The van der Waals surface area contributed by atoms with E-state index in [9.17, 15) is 9.59 Å². The molecule has 1 aliphatic heterocycles. The van der Waals surface area contributed by atoms with Crippen LogP contribution in [0.15, 0.2) is 48.5 Å². The molecule has 4 rings (SSSR count). The number of carbonyl (C=O) groups excluding carboxylic acids is 2. The van der Waals surface area contributed by atoms with Crippen molar-refractivity contribution in [3.8, 4) is 22.5 Å². The third-order valence-electron chi connectivity index (χ3n) is 9.68. The summed E-state index contributed by atoms with van der Waals surface area (Å²) in [5.74, 6) is -0.169. The Balaban J connectivity index is 1.42. The first kappa shape index (κ1) is 40.1. The highest BCUT2D eigenvalue weighted by molar-refractivity contribution is 6.00. The second kappa shape index (κ2) is 17.7. The lowest BCUT2D eigenvalue weighted by Gasteiger charge is -2.29. The highest BCUT2D eigenvalue weighted by Crippen LogP contribution is 2.41. The first-order valence-electron chi connectivity index (χ1n) is 18.5. The largest absolute Gasteiger partial charge is 0.379 e. The number of methoxy groups -OCH3 is 1. The van der Waals surface area contributed by atoms with Crippen molar-refractivity contribution in [1.82, 2.24) is 30.9 Å². The first-order valence-corrected chi connectivity index (χ1v) is 18.5.